The van der Waals surface area contributed by atoms with Gasteiger partial charge in [0.05, 0.1) is 33.2 Å². The minimum absolute atomic E-state index is 0.0189. The number of aromatic amines is 1. The molecule has 1 aliphatic carbocycles. The fraction of sp³-hybridized carbons (Fsp3) is 0.500. The van der Waals surface area contributed by atoms with Gasteiger partial charge >= 0.3 is 11.9 Å². The van der Waals surface area contributed by atoms with Crippen LogP contribution in [0.15, 0.2) is 78.4 Å². The largest absolute Gasteiger partial charge is 0.496 e. The van der Waals surface area contributed by atoms with Crippen LogP contribution in [0.3, 0.4) is 0 Å². The number of fused-ring (bicyclic) bond motifs is 7. The smallest absolute Gasteiger partial charge is 0.322 e. The van der Waals surface area contributed by atoms with Crippen molar-refractivity contribution in [3.05, 3.63) is 106 Å². The molecule has 14 nitrogen and oxygen atoms in total. The number of nitrogens with zero attached hydrogens (tertiary/aromatic N) is 3. The van der Waals surface area contributed by atoms with Crippen molar-refractivity contribution in [2.45, 2.75) is 93.9 Å². The number of carbonyl (C=O) groups excluding carboxylic acids is 3. The molecule has 1 amide bonds. The van der Waals surface area contributed by atoms with Gasteiger partial charge in [0.25, 0.3) is 0 Å². The Kier molecular flexibility index (Phi) is 10.8. The Morgan fingerprint density at radius 3 is 2.60 bits per heavy atom. The number of nitrogens with one attached hydrogen (secondary N) is 2. The number of hydrogen-bond acceptors (Lipinski definition) is 12. The van der Waals surface area contributed by atoms with E-state index in [1.807, 2.05) is 25.2 Å². The van der Waals surface area contributed by atoms with Crippen LogP contribution in [0, 0.1) is 11.3 Å². The van der Waals surface area contributed by atoms with Crippen LogP contribution < -0.4 is 24.4 Å². The summed E-state index contributed by atoms with van der Waals surface area (Å²) in [6.07, 6.45) is 8.99. The van der Waals surface area contributed by atoms with Gasteiger partial charge in [0, 0.05) is 90.9 Å². The number of ether oxygens (including phenoxy) is 5. The highest BCUT2D eigenvalue weighted by molar-refractivity contribution is 5.94. The van der Waals surface area contributed by atoms with E-state index in [1.54, 1.807) is 19.2 Å². The Balaban J connectivity index is 1.12. The molecule has 1 spiro atoms. The molecule has 4 aromatic rings. The Hall–Kier alpha value is -5.83. The summed E-state index contributed by atoms with van der Waals surface area (Å²) in [7, 11) is 5.13. The topological polar surface area (TPSA) is 155 Å². The number of esters is 2. The molecule has 9 atom stereocenters. The molecule has 3 aromatic carbocycles. The third kappa shape index (κ3) is 6.35. The predicted octanol–water partition coefficient (Wildman–Crippen LogP) is 5.71. The van der Waals surface area contributed by atoms with Crippen molar-refractivity contribution in [3.63, 3.8) is 0 Å². The summed E-state index contributed by atoms with van der Waals surface area (Å²) in [6, 6.07) is 17.1. The highest BCUT2D eigenvalue weighted by atomic mass is 16.7. The number of para-hydroxylation sites is 1. The number of hydrogen-bond donors (Lipinski definition) is 3. The third-order valence-electron chi connectivity index (χ3n) is 17.0. The van der Waals surface area contributed by atoms with E-state index in [0.29, 0.717) is 48.6 Å². The molecule has 1 unspecified atom stereocenters. The Morgan fingerprint density at radius 1 is 1.00 bits per heavy atom. The van der Waals surface area contributed by atoms with Gasteiger partial charge in [-0.1, -0.05) is 61.9 Å². The number of rotatable bonds is 10. The summed E-state index contributed by atoms with van der Waals surface area (Å²) in [5.41, 5.74) is 2.69. The van der Waals surface area contributed by atoms with Gasteiger partial charge in [-0.15, -0.1) is 0 Å². The number of likely N-dealkylation sites (N-methyl/N-ethyl adjacent to an activating group) is 1. The summed E-state index contributed by atoms with van der Waals surface area (Å²) >= 11 is 0. The molecule has 358 valence electrons. The molecule has 1 saturated carbocycles. The lowest BCUT2D eigenvalue weighted by molar-refractivity contribution is -0.217. The third-order valence-corrected chi connectivity index (χ3v) is 17.0. The van der Waals surface area contributed by atoms with Crippen LogP contribution in [0.2, 0.25) is 0 Å². The summed E-state index contributed by atoms with van der Waals surface area (Å²) in [6.45, 7) is 9.58. The minimum atomic E-state index is -1.82. The molecule has 14 heteroatoms. The highest BCUT2D eigenvalue weighted by Gasteiger charge is 2.78. The van der Waals surface area contributed by atoms with Gasteiger partial charge in [0.1, 0.15) is 22.9 Å². The van der Waals surface area contributed by atoms with Crippen molar-refractivity contribution in [1.82, 2.24) is 20.1 Å². The molecule has 2 fully saturated rings. The van der Waals surface area contributed by atoms with Crippen molar-refractivity contribution in [3.8, 4) is 17.2 Å². The summed E-state index contributed by atoms with van der Waals surface area (Å²) in [4.78, 5) is 54.0. The first kappa shape index (κ1) is 44.7. The van der Waals surface area contributed by atoms with Crippen LogP contribution in [0.25, 0.3) is 10.9 Å². The number of anilines is 1. The van der Waals surface area contributed by atoms with Gasteiger partial charge in [-0.2, -0.15) is 0 Å². The number of benzene rings is 3. The van der Waals surface area contributed by atoms with E-state index in [2.05, 4.69) is 81.3 Å². The molecule has 0 radical (unpaired) electrons. The quantitative estimate of drug-likeness (QED) is 0.132. The number of H-pyrrole nitrogens is 1. The van der Waals surface area contributed by atoms with Crippen molar-refractivity contribution in [2.24, 2.45) is 11.3 Å². The van der Waals surface area contributed by atoms with Gasteiger partial charge in [-0.3, -0.25) is 24.2 Å². The number of aliphatic hydroxyl groups is 1. The maximum atomic E-state index is 15.5. The lowest BCUT2D eigenvalue weighted by Gasteiger charge is -2.64. The molecule has 1 aromatic heterocycles. The molecule has 7 heterocycles. The van der Waals surface area contributed by atoms with E-state index in [4.69, 9.17) is 23.7 Å². The second-order valence-electron chi connectivity index (χ2n) is 20.3. The lowest BCUT2D eigenvalue weighted by Crippen LogP contribution is -2.81. The van der Waals surface area contributed by atoms with Gasteiger partial charge in [0.15, 0.2) is 11.5 Å². The first-order valence-corrected chi connectivity index (χ1v) is 24.4. The lowest BCUT2D eigenvalue weighted by atomic mass is 9.47. The average molecular weight is 926 g/mol. The Morgan fingerprint density at radius 2 is 1.82 bits per heavy atom. The van der Waals surface area contributed by atoms with E-state index in [1.165, 1.54) is 19.6 Å². The highest BCUT2D eigenvalue weighted by Crippen LogP contribution is 2.68. The summed E-state index contributed by atoms with van der Waals surface area (Å²) < 4.78 is 30.1. The fourth-order valence-corrected chi connectivity index (χ4v) is 14.5. The maximum absolute atomic E-state index is 15.5. The number of carbonyl (C=O) groups is 3. The zero-order valence-corrected chi connectivity index (χ0v) is 40.0. The van der Waals surface area contributed by atoms with Gasteiger partial charge < -0.3 is 44.0 Å². The van der Waals surface area contributed by atoms with Crippen LogP contribution in [0.5, 0.6) is 17.2 Å². The van der Waals surface area contributed by atoms with Crippen LogP contribution in [-0.4, -0.2) is 129 Å². The molecule has 68 heavy (non-hydrogen) atoms. The molecule has 6 aliphatic heterocycles. The van der Waals surface area contributed by atoms with E-state index in [9.17, 15) is 14.7 Å². The summed E-state index contributed by atoms with van der Waals surface area (Å²) in [5.74, 6) is 0.576. The first-order chi connectivity index (χ1) is 32.8. The minimum Gasteiger partial charge on any atom is -0.496 e. The predicted molar refractivity (Wildman–Crippen MR) is 256 cm³/mol. The second-order valence-corrected chi connectivity index (χ2v) is 20.3. The summed E-state index contributed by atoms with van der Waals surface area (Å²) in [5, 5.41) is 18.2. The number of methoxy groups -OCH3 is 2. The standard InChI is InChI=1S/C54H63N5O9/c1-7-33-22-35-27-53(50(62)65-6,46-37(16-20-58(28-33)29-35)36-12-9-10-13-40(36)56-46)39-25-38-41(26-43(39)64-5)57(4)48-52(38)18-21-59-19-11-17-51(8-2,47(52)59)49(68-32(3)60)54(48,63)30-55-45(61)24-34-14-15-42-44(23-34)67-31-66-42/h9-15,17,22-23,25-26,35,47-49,56,63H,7-8,16,18-21,24,27-31H2,1-6H3,(H,55,61)/t35-,47-,48+,49+,51+,52+,53-,54-/m0/s1. The van der Waals surface area contributed by atoms with E-state index >= 15 is 4.79 Å². The monoisotopic (exact) mass is 925 g/mol. The van der Waals surface area contributed by atoms with Crippen molar-refractivity contribution in [2.75, 3.05) is 72.2 Å². The number of amides is 1. The van der Waals surface area contributed by atoms with Crippen molar-refractivity contribution in [1.29, 1.82) is 0 Å². The van der Waals surface area contributed by atoms with Gasteiger partial charge in [0.2, 0.25) is 12.7 Å². The van der Waals surface area contributed by atoms with E-state index in [0.717, 1.165) is 78.0 Å². The van der Waals surface area contributed by atoms with Crippen LogP contribution in [0.1, 0.15) is 74.4 Å². The molecule has 11 rings (SSSR count). The number of aromatic nitrogens is 1. The average Bonchev–Trinajstić information content (AvgIpc) is 4.13. The van der Waals surface area contributed by atoms with Crippen LogP contribution in [0.4, 0.5) is 5.69 Å². The van der Waals surface area contributed by atoms with Gasteiger partial charge in [-0.05, 0) is 85.5 Å². The molecule has 1 saturated heterocycles. The van der Waals surface area contributed by atoms with Crippen molar-refractivity contribution >= 4 is 34.4 Å². The normalized spacial score (nSPS) is 31.9. The molecular formula is C54H63N5O9. The second kappa shape index (κ2) is 16.4. The van der Waals surface area contributed by atoms with Crippen LogP contribution in [-0.2, 0) is 47.5 Å². The zero-order chi connectivity index (χ0) is 47.3. The fourth-order valence-electron chi connectivity index (χ4n) is 14.5. The van der Waals surface area contributed by atoms with Crippen molar-refractivity contribution < 1.29 is 43.2 Å². The van der Waals surface area contributed by atoms with Crippen LogP contribution >= 0.6 is 0 Å². The zero-order valence-electron chi connectivity index (χ0n) is 40.0. The SMILES string of the molecule is CCC1=C[C@@H]2CN(CCc3c([nH]c4ccccc34)[C@@](C(=O)OC)(c3cc4c(cc3OC)N(C)[C@H]3[C@@](O)(CNC(=O)Cc5ccc6c(c5)OCO6)[C@H](OC(C)=O)[C@]5(CC)C=CCN6CC[C@]43[C@@H]65)C2)C1. The van der Waals surface area contributed by atoms with E-state index in [-0.39, 0.29) is 43.6 Å². The molecule has 3 N–H and O–H groups in total. The molecular weight excluding hydrogens is 863 g/mol. The Bertz CT molecular complexity index is 2780. The maximum Gasteiger partial charge on any atom is 0.322 e. The Labute approximate surface area is 397 Å². The first-order valence-electron chi connectivity index (χ1n) is 24.4. The molecule has 7 aliphatic rings. The van der Waals surface area contributed by atoms with Gasteiger partial charge in [-0.25, -0.2) is 0 Å². The molecule has 2 bridgehead atoms. The van der Waals surface area contributed by atoms with E-state index < -0.39 is 40.0 Å².